The smallest absolute Gasteiger partial charge is 0.307 e. The maximum absolute atomic E-state index is 13.2. The number of nitrogens with zero attached hydrogens (tertiary/aromatic N) is 1. The molecule has 0 aromatic heterocycles. The predicted molar refractivity (Wildman–Crippen MR) is 69.7 cm³/mol. The number of likely N-dealkylation sites (tertiary alicyclic amines) is 1. The molecule has 0 aliphatic carbocycles. The molecule has 1 fully saturated rings. The molecule has 98 valence electrons. The van der Waals surface area contributed by atoms with Crippen molar-refractivity contribution in [1.29, 1.82) is 0 Å². The van der Waals surface area contributed by atoms with Gasteiger partial charge in [-0.1, -0.05) is 15.9 Å². The fourth-order valence-corrected chi connectivity index (χ4v) is 2.68. The van der Waals surface area contributed by atoms with Crippen LogP contribution in [0.15, 0.2) is 22.7 Å². The summed E-state index contributed by atoms with van der Waals surface area (Å²) in [5, 5.41) is 9.02. The van der Waals surface area contributed by atoms with Gasteiger partial charge in [0.2, 0.25) is 0 Å². The van der Waals surface area contributed by atoms with Crippen LogP contribution < -0.4 is 0 Å². The molecule has 0 radical (unpaired) electrons. The molecule has 1 N–H and O–H groups in total. The van der Waals surface area contributed by atoms with E-state index in [1.165, 1.54) is 12.1 Å². The van der Waals surface area contributed by atoms with Crippen molar-refractivity contribution in [3.63, 3.8) is 0 Å². The number of carbonyl (C=O) groups is 1. The second-order valence-corrected chi connectivity index (χ2v) is 5.50. The first-order valence-corrected chi connectivity index (χ1v) is 6.74. The summed E-state index contributed by atoms with van der Waals surface area (Å²) in [6.07, 6.45) is 1.61. The average molecular weight is 316 g/mol. The summed E-state index contributed by atoms with van der Waals surface area (Å²) in [6, 6.07) is 4.58. The third-order valence-corrected chi connectivity index (χ3v) is 4.03. The highest BCUT2D eigenvalue weighted by molar-refractivity contribution is 9.10. The molecule has 5 heteroatoms. The first-order chi connectivity index (χ1) is 8.56. The zero-order valence-corrected chi connectivity index (χ0v) is 11.5. The lowest BCUT2D eigenvalue weighted by Gasteiger charge is -2.30. The van der Waals surface area contributed by atoms with Crippen LogP contribution in [0.3, 0.4) is 0 Å². The molecule has 1 saturated heterocycles. The van der Waals surface area contributed by atoms with E-state index >= 15 is 0 Å². The van der Waals surface area contributed by atoms with E-state index in [4.69, 9.17) is 5.11 Å². The fraction of sp³-hybridized carbons (Fsp3) is 0.462. The van der Waals surface area contributed by atoms with E-state index in [2.05, 4.69) is 20.8 Å². The Morgan fingerprint density at radius 2 is 2.33 bits per heavy atom. The monoisotopic (exact) mass is 315 g/mol. The second-order valence-electron chi connectivity index (χ2n) is 4.65. The Balaban J connectivity index is 2.04. The summed E-state index contributed by atoms with van der Waals surface area (Å²) in [6.45, 7) is 1.99. The number of rotatable bonds is 3. The largest absolute Gasteiger partial charge is 0.481 e. The van der Waals surface area contributed by atoms with Crippen LogP contribution in [0.4, 0.5) is 4.39 Å². The van der Waals surface area contributed by atoms with Crippen LogP contribution in [-0.4, -0.2) is 29.1 Å². The number of carboxylic acid groups (broad SMARTS) is 1. The Hall–Kier alpha value is -0.940. The third-order valence-electron chi connectivity index (χ3n) is 3.26. The maximum Gasteiger partial charge on any atom is 0.307 e. The Bertz CT molecular complexity index is 453. The van der Waals surface area contributed by atoms with Crippen LogP contribution in [0.25, 0.3) is 0 Å². The predicted octanol–water partition coefficient (Wildman–Crippen LogP) is 2.88. The van der Waals surface area contributed by atoms with Crippen molar-refractivity contribution in [2.75, 3.05) is 13.1 Å². The van der Waals surface area contributed by atoms with Gasteiger partial charge in [0.05, 0.1) is 5.92 Å². The third kappa shape index (κ3) is 3.29. The number of hydrogen-bond acceptors (Lipinski definition) is 2. The Morgan fingerprint density at radius 3 is 3.06 bits per heavy atom. The standard InChI is InChI=1S/C13H15BrFNO2/c14-12-4-3-11(15)6-10(12)8-16-5-1-2-9(7-16)13(17)18/h3-4,6,9H,1-2,5,7-8H2,(H,17,18)/t9-/m1/s1. The highest BCUT2D eigenvalue weighted by Gasteiger charge is 2.25. The molecule has 0 unspecified atom stereocenters. The molecule has 1 heterocycles. The molecule has 0 bridgehead atoms. The summed E-state index contributed by atoms with van der Waals surface area (Å²) in [5.74, 6) is -1.30. The zero-order valence-electron chi connectivity index (χ0n) is 9.90. The molecule has 18 heavy (non-hydrogen) atoms. The Kier molecular flexibility index (Phi) is 4.35. The first-order valence-electron chi connectivity index (χ1n) is 5.95. The lowest BCUT2D eigenvalue weighted by atomic mass is 9.98. The maximum atomic E-state index is 13.2. The minimum absolute atomic E-state index is 0.264. The van der Waals surface area contributed by atoms with Gasteiger partial charge in [-0.05, 0) is 43.1 Å². The van der Waals surface area contributed by atoms with Crippen molar-refractivity contribution in [2.24, 2.45) is 5.92 Å². The molecule has 0 saturated carbocycles. The topological polar surface area (TPSA) is 40.5 Å². The second kappa shape index (κ2) is 5.80. The average Bonchev–Trinajstić information content (AvgIpc) is 2.34. The number of piperidine rings is 1. The van der Waals surface area contributed by atoms with Crippen molar-refractivity contribution in [3.8, 4) is 0 Å². The molecule has 1 aromatic rings. The van der Waals surface area contributed by atoms with E-state index < -0.39 is 5.97 Å². The van der Waals surface area contributed by atoms with Gasteiger partial charge >= 0.3 is 5.97 Å². The van der Waals surface area contributed by atoms with Crippen molar-refractivity contribution in [2.45, 2.75) is 19.4 Å². The van der Waals surface area contributed by atoms with Gasteiger partial charge in [-0.25, -0.2) is 4.39 Å². The van der Waals surface area contributed by atoms with Crippen LogP contribution in [-0.2, 0) is 11.3 Å². The molecule has 1 atom stereocenters. The lowest BCUT2D eigenvalue weighted by molar-refractivity contribution is -0.143. The van der Waals surface area contributed by atoms with Crippen LogP contribution in [0.1, 0.15) is 18.4 Å². The zero-order chi connectivity index (χ0) is 13.1. The molecule has 2 rings (SSSR count). The summed E-state index contributed by atoms with van der Waals surface area (Å²) in [4.78, 5) is 13.0. The molecule has 1 aliphatic heterocycles. The quantitative estimate of drug-likeness (QED) is 0.932. The van der Waals surface area contributed by atoms with Crippen LogP contribution >= 0.6 is 15.9 Å². The minimum Gasteiger partial charge on any atom is -0.481 e. The number of hydrogen-bond donors (Lipinski definition) is 1. The molecule has 1 aromatic carbocycles. The van der Waals surface area contributed by atoms with E-state index in [1.54, 1.807) is 6.07 Å². The molecule has 3 nitrogen and oxygen atoms in total. The molecular weight excluding hydrogens is 301 g/mol. The van der Waals surface area contributed by atoms with E-state index in [1.807, 2.05) is 0 Å². The minimum atomic E-state index is -0.738. The number of aliphatic carboxylic acids is 1. The molecule has 1 aliphatic rings. The summed E-state index contributed by atoms with van der Waals surface area (Å²) in [7, 11) is 0. The highest BCUT2D eigenvalue weighted by atomic mass is 79.9. The van der Waals surface area contributed by atoms with Gasteiger partial charge in [0, 0.05) is 17.6 Å². The van der Waals surface area contributed by atoms with Gasteiger partial charge in [0.15, 0.2) is 0 Å². The molecule has 0 spiro atoms. The van der Waals surface area contributed by atoms with Crippen LogP contribution in [0.5, 0.6) is 0 Å². The Labute approximate surface area is 114 Å². The van der Waals surface area contributed by atoms with Crippen molar-refractivity contribution in [1.82, 2.24) is 4.90 Å². The van der Waals surface area contributed by atoms with E-state index in [-0.39, 0.29) is 11.7 Å². The first kappa shape index (κ1) is 13.5. The summed E-state index contributed by atoms with van der Waals surface area (Å²) in [5.41, 5.74) is 0.862. The highest BCUT2D eigenvalue weighted by Crippen LogP contribution is 2.23. The summed E-state index contributed by atoms with van der Waals surface area (Å²) >= 11 is 3.39. The van der Waals surface area contributed by atoms with Crippen molar-refractivity contribution < 1.29 is 14.3 Å². The molecular formula is C13H15BrFNO2. The van der Waals surface area contributed by atoms with Crippen molar-refractivity contribution in [3.05, 3.63) is 34.1 Å². The number of halogens is 2. The SMILES string of the molecule is O=C(O)[C@@H]1CCCN(Cc2cc(F)ccc2Br)C1. The van der Waals surface area contributed by atoms with Crippen molar-refractivity contribution >= 4 is 21.9 Å². The molecule has 0 amide bonds. The number of benzene rings is 1. The Morgan fingerprint density at radius 1 is 1.56 bits per heavy atom. The van der Waals surface area contributed by atoms with Gasteiger partial charge in [0.1, 0.15) is 5.82 Å². The van der Waals surface area contributed by atoms with E-state index in [0.29, 0.717) is 13.1 Å². The van der Waals surface area contributed by atoms with E-state index in [0.717, 1.165) is 29.4 Å². The fourth-order valence-electron chi connectivity index (χ4n) is 2.31. The summed E-state index contributed by atoms with van der Waals surface area (Å²) < 4.78 is 14.0. The van der Waals surface area contributed by atoms with Gasteiger partial charge in [-0.2, -0.15) is 0 Å². The van der Waals surface area contributed by atoms with Gasteiger partial charge in [-0.3, -0.25) is 9.69 Å². The van der Waals surface area contributed by atoms with Crippen LogP contribution in [0, 0.1) is 11.7 Å². The van der Waals surface area contributed by atoms with Gasteiger partial charge < -0.3 is 5.11 Å². The van der Waals surface area contributed by atoms with Gasteiger partial charge in [0.25, 0.3) is 0 Å². The van der Waals surface area contributed by atoms with Crippen LogP contribution in [0.2, 0.25) is 0 Å². The normalized spacial score (nSPS) is 20.9. The number of carboxylic acids is 1. The van der Waals surface area contributed by atoms with E-state index in [9.17, 15) is 9.18 Å². The van der Waals surface area contributed by atoms with Gasteiger partial charge in [-0.15, -0.1) is 0 Å². The lowest BCUT2D eigenvalue weighted by Crippen LogP contribution is -2.38.